The van der Waals surface area contributed by atoms with Crippen molar-refractivity contribution < 1.29 is 0 Å². The number of nitrogens with one attached hydrogen (secondary N) is 4. The fourth-order valence-corrected chi connectivity index (χ4v) is 2.82. The molecule has 1 aromatic heterocycles. The molecule has 0 aliphatic rings. The van der Waals surface area contributed by atoms with E-state index in [2.05, 4.69) is 42.8 Å². The third kappa shape index (κ3) is 4.00. The van der Waals surface area contributed by atoms with Crippen molar-refractivity contribution in [3.05, 3.63) is 27.1 Å². The quantitative estimate of drug-likeness (QED) is 0.478. The highest BCUT2D eigenvalue weighted by molar-refractivity contribution is 9.10. The molecule has 0 spiro atoms. The summed E-state index contributed by atoms with van der Waals surface area (Å²) in [5.41, 5.74) is 2.09. The first kappa shape index (κ1) is 15.4. The van der Waals surface area contributed by atoms with Crippen LogP contribution in [0.1, 0.15) is 6.42 Å². The zero-order chi connectivity index (χ0) is 14.5. The fourth-order valence-electron chi connectivity index (χ4n) is 1.74. The topological polar surface area (TPSA) is 72.7 Å². The number of halogens is 1. The van der Waals surface area contributed by atoms with Crippen LogP contribution in [-0.2, 0) is 0 Å². The van der Waals surface area contributed by atoms with E-state index in [0.29, 0.717) is 5.11 Å². The molecule has 0 amide bonds. The number of benzene rings is 1. The first-order valence-corrected chi connectivity index (χ1v) is 8.65. The van der Waals surface area contributed by atoms with Gasteiger partial charge >= 0.3 is 5.69 Å². The molecular weight excluding hydrogens is 360 g/mol. The molecular formula is C12H15BrN4OS2. The summed E-state index contributed by atoms with van der Waals surface area (Å²) in [5, 5.41) is 6.85. The van der Waals surface area contributed by atoms with Gasteiger partial charge in [0, 0.05) is 11.0 Å². The Bertz CT molecular complexity index is 667. The summed E-state index contributed by atoms with van der Waals surface area (Å²) in [6, 6.07) is 3.68. The van der Waals surface area contributed by atoms with Crippen molar-refractivity contribution in [1.29, 1.82) is 0 Å². The normalized spacial score (nSPS) is 10.7. The van der Waals surface area contributed by atoms with Crippen molar-refractivity contribution in [2.75, 3.05) is 23.9 Å². The average molecular weight is 375 g/mol. The summed E-state index contributed by atoms with van der Waals surface area (Å²) in [4.78, 5) is 16.7. The molecule has 0 atom stereocenters. The van der Waals surface area contributed by atoms with E-state index in [4.69, 9.17) is 12.2 Å². The van der Waals surface area contributed by atoms with Gasteiger partial charge in [0.15, 0.2) is 5.11 Å². The summed E-state index contributed by atoms with van der Waals surface area (Å²) in [7, 11) is 0. The number of hydrogen-bond acceptors (Lipinski definition) is 3. The molecule has 0 radical (unpaired) electrons. The van der Waals surface area contributed by atoms with Crippen LogP contribution in [0.3, 0.4) is 0 Å². The van der Waals surface area contributed by atoms with Gasteiger partial charge in [-0.3, -0.25) is 0 Å². The molecule has 8 heteroatoms. The second-order valence-corrected chi connectivity index (χ2v) is 6.43. The van der Waals surface area contributed by atoms with Gasteiger partial charge in [-0.2, -0.15) is 11.8 Å². The van der Waals surface area contributed by atoms with E-state index in [9.17, 15) is 4.79 Å². The second-order valence-electron chi connectivity index (χ2n) is 4.18. The lowest BCUT2D eigenvalue weighted by atomic mass is 10.3. The van der Waals surface area contributed by atoms with Crippen LogP contribution in [-0.4, -0.2) is 33.6 Å². The van der Waals surface area contributed by atoms with Crippen LogP contribution in [0.15, 0.2) is 21.4 Å². The Morgan fingerprint density at radius 2 is 2.10 bits per heavy atom. The molecule has 0 bridgehead atoms. The van der Waals surface area contributed by atoms with E-state index >= 15 is 0 Å². The number of anilines is 1. The van der Waals surface area contributed by atoms with Gasteiger partial charge in [-0.1, -0.05) is 0 Å². The molecule has 20 heavy (non-hydrogen) atoms. The van der Waals surface area contributed by atoms with Crippen molar-refractivity contribution in [2.24, 2.45) is 0 Å². The third-order valence-electron chi connectivity index (χ3n) is 2.66. The molecule has 2 aromatic rings. The maximum Gasteiger partial charge on any atom is 0.323 e. The summed E-state index contributed by atoms with van der Waals surface area (Å²) in [5.74, 6) is 1.11. The van der Waals surface area contributed by atoms with Crippen LogP contribution in [0, 0.1) is 0 Å². The number of thioether (sulfide) groups is 1. The summed E-state index contributed by atoms with van der Waals surface area (Å²) in [6.45, 7) is 0.841. The largest absolute Gasteiger partial charge is 0.362 e. The van der Waals surface area contributed by atoms with Crippen LogP contribution in [0.2, 0.25) is 0 Å². The highest BCUT2D eigenvalue weighted by Crippen LogP contribution is 2.26. The standard InChI is InChI=1S/C12H15BrN4OS2/c1-20-4-2-3-14-12(19)17-8-6-10-9(5-7(8)13)15-11(18)16-10/h5-6H,2-4H2,1H3,(H2,14,17,19)(H2,15,16,18). The van der Waals surface area contributed by atoms with E-state index in [0.717, 1.165) is 39.9 Å². The van der Waals surface area contributed by atoms with Crippen molar-refractivity contribution in [2.45, 2.75) is 6.42 Å². The molecule has 108 valence electrons. The van der Waals surface area contributed by atoms with E-state index in [1.165, 1.54) is 0 Å². The Morgan fingerprint density at radius 1 is 1.40 bits per heavy atom. The number of aromatic nitrogens is 2. The van der Waals surface area contributed by atoms with Crippen LogP contribution in [0.25, 0.3) is 11.0 Å². The first-order chi connectivity index (χ1) is 9.60. The van der Waals surface area contributed by atoms with Gasteiger partial charge in [-0.15, -0.1) is 0 Å². The fraction of sp³-hybridized carbons (Fsp3) is 0.333. The van der Waals surface area contributed by atoms with Gasteiger partial charge in [0.25, 0.3) is 0 Å². The smallest absolute Gasteiger partial charge is 0.323 e. The molecule has 0 aliphatic carbocycles. The Kier molecular flexibility index (Phi) is 5.50. The van der Waals surface area contributed by atoms with Gasteiger partial charge in [-0.05, 0) is 58.7 Å². The Labute approximate surface area is 134 Å². The molecule has 0 fully saturated rings. The van der Waals surface area contributed by atoms with Crippen molar-refractivity contribution >= 4 is 61.7 Å². The zero-order valence-electron chi connectivity index (χ0n) is 10.9. The number of thiocarbonyl (C=S) groups is 1. The lowest BCUT2D eigenvalue weighted by molar-refractivity contribution is 0.855. The van der Waals surface area contributed by atoms with E-state index in [1.807, 2.05) is 23.9 Å². The van der Waals surface area contributed by atoms with Crippen LogP contribution in [0.5, 0.6) is 0 Å². The summed E-state index contributed by atoms with van der Waals surface area (Å²) < 4.78 is 0.841. The molecule has 0 saturated heterocycles. The molecule has 0 aliphatic heterocycles. The van der Waals surface area contributed by atoms with E-state index < -0.39 is 0 Å². The third-order valence-corrected chi connectivity index (χ3v) is 4.26. The number of rotatable bonds is 5. The van der Waals surface area contributed by atoms with Crippen LogP contribution < -0.4 is 16.3 Å². The van der Waals surface area contributed by atoms with Gasteiger partial charge in [0.1, 0.15) is 0 Å². The zero-order valence-corrected chi connectivity index (χ0v) is 14.1. The molecule has 4 N–H and O–H groups in total. The number of hydrogen-bond donors (Lipinski definition) is 4. The molecule has 5 nitrogen and oxygen atoms in total. The minimum Gasteiger partial charge on any atom is -0.362 e. The number of aromatic amines is 2. The highest BCUT2D eigenvalue weighted by Gasteiger charge is 2.06. The average Bonchev–Trinajstić information content (AvgIpc) is 2.74. The Hall–Kier alpha value is -0.990. The Morgan fingerprint density at radius 3 is 2.80 bits per heavy atom. The molecule has 0 saturated carbocycles. The Balaban J connectivity index is 2.03. The highest BCUT2D eigenvalue weighted by atomic mass is 79.9. The minimum atomic E-state index is -0.221. The second kappa shape index (κ2) is 7.14. The van der Waals surface area contributed by atoms with Crippen molar-refractivity contribution in [3.63, 3.8) is 0 Å². The minimum absolute atomic E-state index is 0.221. The van der Waals surface area contributed by atoms with Crippen molar-refractivity contribution in [1.82, 2.24) is 15.3 Å². The number of H-pyrrole nitrogens is 2. The first-order valence-electron chi connectivity index (χ1n) is 6.05. The van der Waals surface area contributed by atoms with Gasteiger partial charge in [0.2, 0.25) is 0 Å². The van der Waals surface area contributed by atoms with E-state index in [1.54, 1.807) is 0 Å². The lowest BCUT2D eigenvalue weighted by Gasteiger charge is -2.11. The summed E-state index contributed by atoms with van der Waals surface area (Å²) >= 11 is 10.5. The SMILES string of the molecule is CSCCCNC(=S)Nc1cc2[nH]c(=O)[nH]c2cc1Br. The van der Waals surface area contributed by atoms with E-state index in [-0.39, 0.29) is 5.69 Å². The maximum absolute atomic E-state index is 11.2. The maximum atomic E-state index is 11.2. The van der Waals surface area contributed by atoms with Crippen LogP contribution in [0.4, 0.5) is 5.69 Å². The van der Waals surface area contributed by atoms with Crippen molar-refractivity contribution in [3.8, 4) is 0 Å². The lowest BCUT2D eigenvalue weighted by Crippen LogP contribution is -2.29. The molecule has 1 aromatic carbocycles. The molecule has 0 unspecified atom stereocenters. The van der Waals surface area contributed by atoms with Gasteiger partial charge in [-0.25, -0.2) is 4.79 Å². The van der Waals surface area contributed by atoms with Gasteiger partial charge < -0.3 is 20.6 Å². The number of fused-ring (bicyclic) bond motifs is 1. The van der Waals surface area contributed by atoms with Gasteiger partial charge in [0.05, 0.1) is 16.7 Å². The van der Waals surface area contributed by atoms with Crippen LogP contribution >= 0.6 is 39.9 Å². The predicted molar refractivity (Wildman–Crippen MR) is 93.8 cm³/mol. The molecule has 1 heterocycles. The number of imidazole rings is 1. The summed E-state index contributed by atoms with van der Waals surface area (Å²) in [6.07, 6.45) is 3.15. The predicted octanol–water partition coefficient (Wildman–Crippen LogP) is 2.66. The molecule has 2 rings (SSSR count). The monoisotopic (exact) mass is 374 g/mol.